The first-order valence-corrected chi connectivity index (χ1v) is 8.92. The number of rotatable bonds is 5. The number of halogens is 1. The maximum atomic E-state index is 13.1. The van der Waals surface area contributed by atoms with Gasteiger partial charge in [-0.05, 0) is 23.3 Å². The molecular weight excluding hydrogens is 351 g/mol. The summed E-state index contributed by atoms with van der Waals surface area (Å²) in [6.45, 7) is 0.422. The molecule has 0 radical (unpaired) electrons. The van der Waals surface area contributed by atoms with E-state index in [0.717, 1.165) is 22.3 Å². The highest BCUT2D eigenvalue weighted by molar-refractivity contribution is 5.88. The Morgan fingerprint density at radius 1 is 0.821 bits per heavy atom. The number of nitrogens with one attached hydrogen (secondary N) is 1. The van der Waals surface area contributed by atoms with Crippen LogP contribution >= 0.6 is 0 Å². The van der Waals surface area contributed by atoms with Gasteiger partial charge in [-0.2, -0.15) is 5.26 Å². The van der Waals surface area contributed by atoms with Gasteiger partial charge in [-0.25, -0.2) is 4.39 Å². The summed E-state index contributed by atoms with van der Waals surface area (Å²) in [7, 11) is 0. The lowest BCUT2D eigenvalue weighted by Gasteiger charge is -2.04. The maximum absolute atomic E-state index is 13.1. The van der Waals surface area contributed by atoms with Gasteiger partial charge in [-0.1, -0.05) is 72.8 Å². The highest BCUT2D eigenvalue weighted by atomic mass is 19.1. The van der Waals surface area contributed by atoms with Crippen molar-refractivity contribution in [1.82, 2.24) is 0 Å². The van der Waals surface area contributed by atoms with E-state index in [1.165, 1.54) is 12.1 Å². The van der Waals surface area contributed by atoms with E-state index in [1.54, 1.807) is 12.1 Å². The minimum atomic E-state index is -0.280. The molecule has 1 aromatic heterocycles. The summed E-state index contributed by atoms with van der Waals surface area (Å²) in [5.74, 6) is 0.770. The fraction of sp³-hybridized carbons (Fsp3) is 0.0417. The Kier molecular flexibility index (Phi) is 4.90. The monoisotopic (exact) mass is 368 g/mol. The van der Waals surface area contributed by atoms with Crippen LogP contribution in [-0.4, -0.2) is 0 Å². The number of hydrogen-bond donors (Lipinski definition) is 1. The standard InChI is InChI=1S/C24H17FN2O/c25-20-13-11-17(12-14-20)16-27-24-21(15-26)22(18-7-3-1-4-8-18)23(28-24)19-9-5-2-6-10-19/h1-14,27H,16H2. The Labute approximate surface area is 162 Å². The van der Waals surface area contributed by atoms with Crippen molar-refractivity contribution >= 4 is 5.88 Å². The van der Waals surface area contributed by atoms with E-state index in [9.17, 15) is 9.65 Å². The van der Waals surface area contributed by atoms with E-state index in [0.29, 0.717) is 23.8 Å². The largest absolute Gasteiger partial charge is 0.439 e. The molecule has 0 aliphatic carbocycles. The first kappa shape index (κ1) is 17.6. The smallest absolute Gasteiger partial charge is 0.212 e. The van der Waals surface area contributed by atoms with Crippen LogP contribution in [0.25, 0.3) is 22.5 Å². The number of furan rings is 1. The zero-order valence-electron chi connectivity index (χ0n) is 15.0. The van der Waals surface area contributed by atoms with Gasteiger partial charge in [0.25, 0.3) is 0 Å². The van der Waals surface area contributed by atoms with Gasteiger partial charge >= 0.3 is 0 Å². The van der Waals surface area contributed by atoms with Crippen molar-refractivity contribution in [3.63, 3.8) is 0 Å². The third kappa shape index (κ3) is 3.51. The number of benzene rings is 3. The van der Waals surface area contributed by atoms with Gasteiger partial charge in [-0.3, -0.25) is 0 Å². The average Bonchev–Trinajstić information content (AvgIpc) is 3.13. The summed E-state index contributed by atoms with van der Waals surface area (Å²) in [5, 5.41) is 13.0. The third-order valence-electron chi connectivity index (χ3n) is 4.48. The van der Waals surface area contributed by atoms with Crippen LogP contribution < -0.4 is 5.32 Å². The van der Waals surface area contributed by atoms with Crippen molar-refractivity contribution in [2.24, 2.45) is 0 Å². The number of nitrogens with zero attached hydrogens (tertiary/aromatic N) is 1. The van der Waals surface area contributed by atoms with Crippen molar-refractivity contribution in [3.8, 4) is 28.5 Å². The Morgan fingerprint density at radius 2 is 1.43 bits per heavy atom. The van der Waals surface area contributed by atoms with Gasteiger partial charge in [0.05, 0.1) is 0 Å². The topological polar surface area (TPSA) is 49.0 Å². The molecule has 3 nitrogen and oxygen atoms in total. The van der Waals surface area contributed by atoms with E-state index in [2.05, 4.69) is 11.4 Å². The zero-order valence-corrected chi connectivity index (χ0v) is 15.0. The second-order valence-electron chi connectivity index (χ2n) is 6.33. The Morgan fingerprint density at radius 3 is 2.04 bits per heavy atom. The molecule has 0 spiro atoms. The summed E-state index contributed by atoms with van der Waals surface area (Å²) in [5.41, 5.74) is 3.91. The summed E-state index contributed by atoms with van der Waals surface area (Å²) in [4.78, 5) is 0. The number of anilines is 1. The molecule has 3 aromatic carbocycles. The molecule has 28 heavy (non-hydrogen) atoms. The summed E-state index contributed by atoms with van der Waals surface area (Å²) in [6.07, 6.45) is 0. The number of hydrogen-bond acceptors (Lipinski definition) is 3. The predicted octanol–water partition coefficient (Wildman–Crippen LogP) is 6.24. The highest BCUT2D eigenvalue weighted by Crippen LogP contribution is 2.41. The molecule has 0 saturated carbocycles. The summed E-state index contributed by atoms with van der Waals surface area (Å²) >= 11 is 0. The van der Waals surface area contributed by atoms with Crippen LogP contribution in [0, 0.1) is 17.1 Å². The number of nitriles is 1. The minimum Gasteiger partial charge on any atom is -0.439 e. The molecule has 4 heteroatoms. The fourth-order valence-electron chi connectivity index (χ4n) is 3.12. The Balaban J connectivity index is 1.78. The first-order valence-electron chi connectivity index (χ1n) is 8.92. The van der Waals surface area contributed by atoms with Gasteiger partial charge < -0.3 is 9.73 Å². The second kappa shape index (κ2) is 7.81. The SMILES string of the molecule is N#Cc1c(NCc2ccc(F)cc2)oc(-c2ccccc2)c1-c1ccccc1. The van der Waals surface area contributed by atoms with Crippen molar-refractivity contribution in [2.75, 3.05) is 5.32 Å². The van der Waals surface area contributed by atoms with E-state index in [-0.39, 0.29) is 5.82 Å². The molecule has 0 fully saturated rings. The molecule has 1 heterocycles. The molecule has 4 rings (SSSR count). The Hall–Kier alpha value is -3.84. The van der Waals surface area contributed by atoms with Crippen LogP contribution in [0.1, 0.15) is 11.1 Å². The van der Waals surface area contributed by atoms with Crippen LogP contribution in [0.3, 0.4) is 0 Å². The fourth-order valence-corrected chi connectivity index (χ4v) is 3.12. The maximum Gasteiger partial charge on any atom is 0.212 e. The normalized spacial score (nSPS) is 10.4. The Bertz CT molecular complexity index is 1110. The van der Waals surface area contributed by atoms with E-state index in [1.807, 2.05) is 60.7 Å². The zero-order chi connectivity index (χ0) is 19.3. The molecule has 0 unspecified atom stereocenters. The molecule has 0 saturated heterocycles. The predicted molar refractivity (Wildman–Crippen MR) is 108 cm³/mol. The molecule has 0 bridgehead atoms. The van der Waals surface area contributed by atoms with E-state index in [4.69, 9.17) is 4.42 Å². The van der Waals surface area contributed by atoms with Crippen molar-refractivity contribution < 1.29 is 8.81 Å². The average molecular weight is 368 g/mol. The van der Waals surface area contributed by atoms with Crippen LogP contribution in [0.5, 0.6) is 0 Å². The molecule has 136 valence electrons. The van der Waals surface area contributed by atoms with Crippen molar-refractivity contribution in [3.05, 3.63) is 102 Å². The van der Waals surface area contributed by atoms with Gasteiger partial charge in [0.1, 0.15) is 23.2 Å². The lowest BCUT2D eigenvalue weighted by Crippen LogP contribution is -1.99. The summed E-state index contributed by atoms with van der Waals surface area (Å²) in [6, 6.07) is 28.0. The third-order valence-corrected chi connectivity index (χ3v) is 4.48. The lowest BCUT2D eigenvalue weighted by molar-refractivity contribution is 0.593. The van der Waals surface area contributed by atoms with Crippen LogP contribution in [0.15, 0.2) is 89.3 Å². The first-order chi connectivity index (χ1) is 13.8. The van der Waals surface area contributed by atoms with Gasteiger partial charge in [-0.15, -0.1) is 0 Å². The molecule has 0 aliphatic rings. The highest BCUT2D eigenvalue weighted by Gasteiger charge is 2.22. The minimum absolute atomic E-state index is 0.280. The van der Waals surface area contributed by atoms with Crippen LogP contribution in [0.4, 0.5) is 10.3 Å². The van der Waals surface area contributed by atoms with Crippen molar-refractivity contribution in [1.29, 1.82) is 5.26 Å². The van der Waals surface area contributed by atoms with Gasteiger partial charge in [0.15, 0.2) is 0 Å². The van der Waals surface area contributed by atoms with Gasteiger partial charge in [0.2, 0.25) is 5.88 Å². The molecule has 1 N–H and O–H groups in total. The van der Waals surface area contributed by atoms with Gasteiger partial charge in [0, 0.05) is 17.7 Å². The molecular formula is C24H17FN2O. The molecule has 0 aliphatic heterocycles. The van der Waals surface area contributed by atoms with E-state index < -0.39 is 0 Å². The quantitative estimate of drug-likeness (QED) is 0.454. The molecule has 4 aromatic rings. The summed E-state index contributed by atoms with van der Waals surface area (Å²) < 4.78 is 19.2. The molecule has 0 atom stereocenters. The van der Waals surface area contributed by atoms with E-state index >= 15 is 0 Å². The van der Waals surface area contributed by atoms with Crippen molar-refractivity contribution in [2.45, 2.75) is 6.54 Å². The second-order valence-corrected chi connectivity index (χ2v) is 6.33. The van der Waals surface area contributed by atoms with Crippen LogP contribution in [-0.2, 0) is 6.54 Å². The van der Waals surface area contributed by atoms with Crippen LogP contribution in [0.2, 0.25) is 0 Å². The lowest BCUT2D eigenvalue weighted by atomic mass is 9.98. The molecule has 0 amide bonds.